The second-order valence-corrected chi connectivity index (χ2v) is 7.40. The van der Waals surface area contributed by atoms with Crippen molar-refractivity contribution in [2.75, 3.05) is 18.0 Å². The first-order valence-electron chi connectivity index (χ1n) is 9.65. The fourth-order valence-electron chi connectivity index (χ4n) is 3.72. The van der Waals surface area contributed by atoms with Crippen molar-refractivity contribution in [3.63, 3.8) is 0 Å². The Labute approximate surface area is 174 Å². The number of aromatic nitrogens is 6. The van der Waals surface area contributed by atoms with Crippen LogP contribution in [0.2, 0.25) is 0 Å². The summed E-state index contributed by atoms with van der Waals surface area (Å²) in [5.74, 6) is 0.957. The quantitative estimate of drug-likeness (QED) is 0.537. The third-order valence-corrected chi connectivity index (χ3v) is 5.18. The lowest BCUT2D eigenvalue weighted by Crippen LogP contribution is -2.43. The molecule has 2 atom stereocenters. The Morgan fingerprint density at radius 2 is 2.00 bits per heavy atom. The second-order valence-electron chi connectivity index (χ2n) is 7.40. The zero-order chi connectivity index (χ0) is 21.6. The molecule has 5 rings (SSSR count). The molecule has 1 saturated heterocycles. The number of rotatable bonds is 3. The van der Waals surface area contributed by atoms with Gasteiger partial charge in [0.2, 0.25) is 0 Å². The van der Waals surface area contributed by atoms with E-state index in [0.29, 0.717) is 36.1 Å². The van der Waals surface area contributed by atoms with Gasteiger partial charge in [-0.05, 0) is 25.1 Å². The summed E-state index contributed by atoms with van der Waals surface area (Å²) >= 11 is 0. The first kappa shape index (κ1) is 19.5. The highest BCUT2D eigenvalue weighted by molar-refractivity contribution is 5.59. The fraction of sp³-hybridized carbons (Fsp3) is 0.300. The third kappa shape index (κ3) is 3.72. The van der Waals surface area contributed by atoms with E-state index in [1.54, 1.807) is 24.7 Å². The minimum atomic E-state index is -4.45. The normalized spacial score (nSPS) is 19.8. The molecule has 1 fully saturated rings. The monoisotopic (exact) mass is 429 g/mol. The summed E-state index contributed by atoms with van der Waals surface area (Å²) in [4.78, 5) is 15.2. The maximum absolute atomic E-state index is 13.2. The minimum Gasteiger partial charge on any atom is -0.367 e. The summed E-state index contributed by atoms with van der Waals surface area (Å²) < 4.78 is 46.9. The van der Waals surface area contributed by atoms with E-state index in [-0.39, 0.29) is 12.2 Å². The summed E-state index contributed by atoms with van der Waals surface area (Å²) in [6.45, 7) is 3.16. The Kier molecular flexibility index (Phi) is 4.62. The smallest absolute Gasteiger partial charge is 0.367 e. The third-order valence-electron chi connectivity index (χ3n) is 5.18. The van der Waals surface area contributed by atoms with Crippen LogP contribution in [-0.4, -0.2) is 48.7 Å². The van der Waals surface area contributed by atoms with Gasteiger partial charge in [-0.3, -0.25) is 9.50 Å². The fourth-order valence-corrected chi connectivity index (χ4v) is 3.72. The number of hydrogen-bond acceptors (Lipinski definition) is 6. The number of alkyl halides is 3. The largest absolute Gasteiger partial charge is 0.417 e. The van der Waals surface area contributed by atoms with Crippen molar-refractivity contribution in [1.82, 2.24) is 29.5 Å². The molecule has 11 heteroatoms. The molecule has 160 valence electrons. The molecule has 1 aliphatic heterocycles. The van der Waals surface area contributed by atoms with Crippen LogP contribution in [0.1, 0.15) is 24.2 Å². The van der Waals surface area contributed by atoms with E-state index >= 15 is 0 Å². The van der Waals surface area contributed by atoms with Crippen LogP contribution in [0.15, 0.2) is 49.2 Å². The zero-order valence-electron chi connectivity index (χ0n) is 16.4. The van der Waals surface area contributed by atoms with Crippen LogP contribution >= 0.6 is 0 Å². The van der Waals surface area contributed by atoms with Gasteiger partial charge in [0.05, 0.1) is 30.6 Å². The number of morpholine rings is 1. The number of imidazole rings is 1. The molecule has 0 amide bonds. The first-order chi connectivity index (χ1) is 14.9. The number of H-pyrrole nitrogens is 1. The van der Waals surface area contributed by atoms with Crippen molar-refractivity contribution < 1.29 is 17.9 Å². The highest BCUT2D eigenvalue weighted by Gasteiger charge is 2.31. The van der Waals surface area contributed by atoms with Crippen LogP contribution in [0.3, 0.4) is 0 Å². The van der Waals surface area contributed by atoms with Crippen LogP contribution in [0.5, 0.6) is 0 Å². The van der Waals surface area contributed by atoms with E-state index in [4.69, 9.17) is 4.74 Å². The molecule has 1 aliphatic rings. The van der Waals surface area contributed by atoms with Crippen LogP contribution in [0.25, 0.3) is 17.2 Å². The van der Waals surface area contributed by atoms with Crippen LogP contribution in [0, 0.1) is 0 Å². The summed E-state index contributed by atoms with van der Waals surface area (Å²) in [6, 6.07) is 4.11. The van der Waals surface area contributed by atoms with Gasteiger partial charge in [0.15, 0.2) is 5.82 Å². The SMILES string of the molecule is C[C@@H]1CN(c2ccnc(-c3cnc4ccc(C(F)(F)F)cn34)n2)C[C@H](c2cn[nH]c2)O1. The highest BCUT2D eigenvalue weighted by atomic mass is 19.4. The standard InChI is InChI=1S/C20H18F3N7O/c1-12-9-29(11-16(31-12)13-6-26-27-7-13)18-4-5-24-19(28-18)15-8-25-17-3-2-14(10-30(15)17)20(21,22)23/h2-8,10,12,16H,9,11H2,1H3,(H,26,27)/t12-,16-/m1/s1. The summed E-state index contributed by atoms with van der Waals surface area (Å²) in [5, 5.41) is 6.77. The predicted octanol–water partition coefficient (Wildman–Crippen LogP) is 3.50. The van der Waals surface area contributed by atoms with Gasteiger partial charge in [-0.15, -0.1) is 0 Å². The Morgan fingerprint density at radius 3 is 2.77 bits per heavy atom. The molecule has 0 radical (unpaired) electrons. The molecule has 4 aromatic rings. The van der Waals surface area contributed by atoms with Gasteiger partial charge in [0, 0.05) is 30.7 Å². The lowest BCUT2D eigenvalue weighted by atomic mass is 10.1. The van der Waals surface area contributed by atoms with E-state index < -0.39 is 11.7 Å². The Balaban J connectivity index is 1.49. The Morgan fingerprint density at radius 1 is 1.13 bits per heavy atom. The molecule has 0 aliphatic carbocycles. The van der Waals surface area contributed by atoms with E-state index in [2.05, 4.69) is 30.0 Å². The predicted molar refractivity (Wildman–Crippen MR) is 105 cm³/mol. The first-order valence-corrected chi connectivity index (χ1v) is 9.65. The van der Waals surface area contributed by atoms with Gasteiger partial charge >= 0.3 is 6.18 Å². The van der Waals surface area contributed by atoms with Crippen LogP contribution < -0.4 is 4.90 Å². The minimum absolute atomic E-state index is 0.0443. The summed E-state index contributed by atoms with van der Waals surface area (Å²) in [6.07, 6.45) is 2.93. The Hall–Kier alpha value is -3.47. The highest BCUT2D eigenvalue weighted by Crippen LogP contribution is 2.31. The number of nitrogens with one attached hydrogen (secondary N) is 1. The van der Waals surface area contributed by atoms with Crippen LogP contribution in [0.4, 0.5) is 19.0 Å². The molecular formula is C20H18F3N7O. The number of hydrogen-bond donors (Lipinski definition) is 1. The lowest BCUT2D eigenvalue weighted by molar-refractivity contribution is -0.137. The van der Waals surface area contributed by atoms with Crippen molar-refractivity contribution in [2.24, 2.45) is 0 Å². The molecule has 0 unspecified atom stereocenters. The van der Waals surface area contributed by atoms with Gasteiger partial charge in [-0.1, -0.05) is 0 Å². The van der Waals surface area contributed by atoms with Gasteiger partial charge in [0.25, 0.3) is 0 Å². The summed E-state index contributed by atoms with van der Waals surface area (Å²) in [5.41, 5.74) is 0.945. The molecular weight excluding hydrogens is 411 g/mol. The zero-order valence-corrected chi connectivity index (χ0v) is 16.4. The molecule has 31 heavy (non-hydrogen) atoms. The van der Waals surface area contributed by atoms with Crippen molar-refractivity contribution in [1.29, 1.82) is 0 Å². The maximum atomic E-state index is 13.2. The van der Waals surface area contributed by atoms with Gasteiger partial charge in [0.1, 0.15) is 23.3 Å². The molecule has 4 aromatic heterocycles. The number of nitrogens with zero attached hydrogens (tertiary/aromatic N) is 6. The van der Waals surface area contributed by atoms with E-state index in [9.17, 15) is 13.2 Å². The van der Waals surface area contributed by atoms with Crippen molar-refractivity contribution in [2.45, 2.75) is 25.3 Å². The molecule has 0 spiro atoms. The number of pyridine rings is 1. The number of ether oxygens (including phenoxy) is 1. The topological polar surface area (TPSA) is 84.2 Å². The van der Waals surface area contributed by atoms with Gasteiger partial charge < -0.3 is 9.64 Å². The van der Waals surface area contributed by atoms with Crippen molar-refractivity contribution in [3.05, 3.63) is 60.3 Å². The van der Waals surface area contributed by atoms with E-state index in [1.807, 2.05) is 6.92 Å². The molecule has 8 nitrogen and oxygen atoms in total. The average Bonchev–Trinajstić information content (AvgIpc) is 3.42. The van der Waals surface area contributed by atoms with Crippen molar-refractivity contribution >= 4 is 11.5 Å². The van der Waals surface area contributed by atoms with Gasteiger partial charge in [-0.2, -0.15) is 18.3 Å². The number of aromatic amines is 1. The molecule has 5 heterocycles. The molecule has 0 aromatic carbocycles. The van der Waals surface area contributed by atoms with Crippen molar-refractivity contribution in [3.8, 4) is 11.5 Å². The molecule has 0 saturated carbocycles. The van der Waals surface area contributed by atoms with E-state index in [0.717, 1.165) is 17.8 Å². The average molecular weight is 429 g/mol. The lowest BCUT2D eigenvalue weighted by Gasteiger charge is -2.37. The second kappa shape index (κ2) is 7.34. The van der Waals surface area contributed by atoms with Gasteiger partial charge in [-0.25, -0.2) is 15.0 Å². The number of anilines is 1. The van der Waals surface area contributed by atoms with Crippen LogP contribution in [-0.2, 0) is 10.9 Å². The Bertz CT molecular complexity index is 1210. The maximum Gasteiger partial charge on any atom is 0.417 e. The number of fused-ring (bicyclic) bond motifs is 1. The van der Waals surface area contributed by atoms with E-state index in [1.165, 1.54) is 16.7 Å². The summed E-state index contributed by atoms with van der Waals surface area (Å²) in [7, 11) is 0. The number of halogens is 3. The molecule has 1 N–H and O–H groups in total. The molecule has 0 bridgehead atoms.